The van der Waals surface area contributed by atoms with Crippen LogP contribution in [0.4, 0.5) is 0 Å². The van der Waals surface area contributed by atoms with Crippen LogP contribution in [0.3, 0.4) is 0 Å². The summed E-state index contributed by atoms with van der Waals surface area (Å²) in [5.41, 5.74) is 2.48. The monoisotopic (exact) mass is 624 g/mol. The lowest BCUT2D eigenvalue weighted by atomic mass is 9.91. The van der Waals surface area contributed by atoms with Gasteiger partial charge < -0.3 is 23.4 Å². The van der Waals surface area contributed by atoms with Crippen molar-refractivity contribution >= 4 is 14.3 Å². The number of methoxy groups -OCH3 is 1. The van der Waals surface area contributed by atoms with Crippen LogP contribution in [0.25, 0.3) is 0 Å². The third-order valence-corrected chi connectivity index (χ3v) is 13.6. The lowest BCUT2D eigenvalue weighted by Gasteiger charge is -2.39. The first-order chi connectivity index (χ1) is 20.8. The maximum atomic E-state index is 13.0. The van der Waals surface area contributed by atoms with Crippen molar-refractivity contribution in [2.24, 2.45) is 5.92 Å². The number of hydrogen-bond acceptors (Lipinski definition) is 6. The van der Waals surface area contributed by atoms with E-state index in [0.717, 1.165) is 32.1 Å². The highest BCUT2D eigenvalue weighted by Gasteiger charge is 2.39. The topological polar surface area (TPSA) is 63.2 Å². The Morgan fingerprint density at radius 1 is 1.14 bits per heavy atom. The largest absolute Gasteiger partial charge is 0.449 e. The number of hydrogen-bond donors (Lipinski definition) is 0. The van der Waals surface area contributed by atoms with Gasteiger partial charge in [0.25, 0.3) is 0 Å². The van der Waals surface area contributed by atoms with Gasteiger partial charge in [0.15, 0.2) is 8.32 Å². The van der Waals surface area contributed by atoms with Crippen molar-refractivity contribution in [3.05, 3.63) is 60.3 Å². The maximum absolute atomic E-state index is 13.0. The smallest absolute Gasteiger partial charge is 0.384 e. The van der Waals surface area contributed by atoms with E-state index in [1.54, 1.807) is 7.11 Å². The Morgan fingerprint density at radius 2 is 1.89 bits per heavy atom. The minimum atomic E-state index is -2.06. The van der Waals surface area contributed by atoms with E-state index in [-0.39, 0.29) is 29.5 Å². The first kappa shape index (κ1) is 36.3. The molecule has 7 heteroatoms. The number of esters is 1. The van der Waals surface area contributed by atoms with Gasteiger partial charge in [0, 0.05) is 25.9 Å². The molecule has 3 aliphatic heterocycles. The van der Waals surface area contributed by atoms with Crippen LogP contribution >= 0.6 is 0 Å². The van der Waals surface area contributed by atoms with E-state index in [4.69, 9.17) is 23.4 Å². The molecule has 0 aromatic heterocycles. The van der Waals surface area contributed by atoms with Crippen molar-refractivity contribution < 1.29 is 28.2 Å². The Labute approximate surface area is 268 Å². The summed E-state index contributed by atoms with van der Waals surface area (Å²) in [5, 5.41) is 0.0707. The molecule has 0 N–H and O–H groups in total. The van der Waals surface area contributed by atoms with E-state index in [2.05, 4.69) is 90.4 Å². The van der Waals surface area contributed by atoms with Gasteiger partial charge in [-0.25, -0.2) is 4.79 Å². The molecule has 244 valence electrons. The van der Waals surface area contributed by atoms with Gasteiger partial charge >= 0.3 is 5.97 Å². The third-order valence-electron chi connectivity index (χ3n) is 9.05. The molecule has 3 aliphatic rings. The number of carbonyl (C=O) groups excluding carboxylic acids is 1. The van der Waals surface area contributed by atoms with Crippen LogP contribution in [-0.4, -0.2) is 64.6 Å². The average Bonchev–Trinajstić information content (AvgIpc) is 2.92. The van der Waals surface area contributed by atoms with Crippen molar-refractivity contribution in [1.29, 1.82) is 0 Å². The molecule has 0 aliphatic carbocycles. The standard InChI is InChI=1S/C37H56O6Si/c1-27-21-22-40-31(24-27)19-20-34(39-7)35-17-11-16-33(43-44(8,9)37(4,5)6)26-29(3)23-28(2)25-32-15-10-13-30(41-32)14-12-18-36(38)42-35/h10-11,13,16,19-21,28,30-35H,3,14-15,17,22-26H2,1-2,4-9H3. The minimum absolute atomic E-state index is 0.0361. The molecule has 0 saturated carbocycles. The van der Waals surface area contributed by atoms with E-state index in [1.165, 1.54) is 11.1 Å². The number of fused-ring (bicyclic) bond motifs is 2. The van der Waals surface area contributed by atoms with E-state index in [9.17, 15) is 4.79 Å². The first-order valence-corrected chi connectivity index (χ1v) is 19.2. The van der Waals surface area contributed by atoms with Gasteiger partial charge in [0.2, 0.25) is 0 Å². The summed E-state index contributed by atoms with van der Waals surface area (Å²) in [6, 6.07) is 0. The second-order valence-electron chi connectivity index (χ2n) is 14.2. The summed E-state index contributed by atoms with van der Waals surface area (Å²) < 4.78 is 30.9. The van der Waals surface area contributed by atoms with Crippen LogP contribution in [-0.2, 0) is 28.2 Å². The predicted octanol–water partition coefficient (Wildman–Crippen LogP) is 8.02. The minimum Gasteiger partial charge on any atom is -0.449 e. The second-order valence-corrected chi connectivity index (χ2v) is 19.0. The molecular weight excluding hydrogens is 568 g/mol. The maximum Gasteiger partial charge on any atom is 0.384 e. The van der Waals surface area contributed by atoms with Crippen LogP contribution in [0.2, 0.25) is 18.1 Å². The van der Waals surface area contributed by atoms with Gasteiger partial charge in [-0.15, -0.1) is 0 Å². The molecule has 7 unspecified atom stereocenters. The van der Waals surface area contributed by atoms with Gasteiger partial charge in [-0.05, 0) is 63.1 Å². The summed E-state index contributed by atoms with van der Waals surface area (Å²) in [6.45, 7) is 20.8. The molecule has 7 atom stereocenters. The fourth-order valence-electron chi connectivity index (χ4n) is 5.58. The molecule has 0 amide bonds. The highest BCUT2D eigenvalue weighted by molar-refractivity contribution is 6.74. The van der Waals surface area contributed by atoms with E-state index in [1.807, 2.05) is 18.2 Å². The Kier molecular flexibility index (Phi) is 13.9. The fraction of sp³-hybridized carbons (Fsp3) is 0.649. The Morgan fingerprint density at radius 3 is 2.59 bits per heavy atom. The van der Waals surface area contributed by atoms with Gasteiger partial charge in [-0.2, -0.15) is 0 Å². The molecule has 0 radical (unpaired) electrons. The fourth-order valence-corrected chi connectivity index (χ4v) is 6.86. The molecule has 6 nitrogen and oxygen atoms in total. The van der Waals surface area contributed by atoms with E-state index < -0.39 is 26.5 Å². The highest BCUT2D eigenvalue weighted by Crippen LogP contribution is 2.38. The summed E-state index contributed by atoms with van der Waals surface area (Å²) in [7, 11) is -0.430. The Hall–Kier alpha value is -2.21. The van der Waals surface area contributed by atoms with Crippen LogP contribution in [0, 0.1) is 17.8 Å². The number of carbonyl (C=O) groups is 1. The highest BCUT2D eigenvalue weighted by atomic mass is 28.4. The predicted molar refractivity (Wildman–Crippen MR) is 181 cm³/mol. The summed E-state index contributed by atoms with van der Waals surface area (Å²) in [5.74, 6) is 5.55. The van der Waals surface area contributed by atoms with E-state index in [0.29, 0.717) is 25.4 Å². The van der Waals surface area contributed by atoms with Gasteiger partial charge in [0.1, 0.15) is 12.2 Å². The molecule has 0 spiro atoms. The normalized spacial score (nSPS) is 30.5. The molecule has 0 aromatic rings. The molecule has 0 saturated heterocycles. The average molecular weight is 625 g/mol. The van der Waals surface area contributed by atoms with Crippen LogP contribution in [0.15, 0.2) is 60.3 Å². The van der Waals surface area contributed by atoms with Crippen molar-refractivity contribution in [3.8, 4) is 11.8 Å². The lowest BCUT2D eigenvalue weighted by molar-refractivity contribution is -0.146. The van der Waals surface area contributed by atoms with Crippen LogP contribution in [0.5, 0.6) is 0 Å². The van der Waals surface area contributed by atoms with Gasteiger partial charge in [-0.3, -0.25) is 0 Å². The zero-order chi connectivity index (χ0) is 32.3. The quantitative estimate of drug-likeness (QED) is 0.0981. The molecule has 3 rings (SSSR count). The Balaban J connectivity index is 1.88. The lowest BCUT2D eigenvalue weighted by Crippen LogP contribution is -2.43. The molecule has 0 aromatic carbocycles. The van der Waals surface area contributed by atoms with Gasteiger partial charge in [0.05, 0.1) is 31.0 Å². The van der Waals surface area contributed by atoms with Crippen molar-refractivity contribution in [3.63, 3.8) is 0 Å². The van der Waals surface area contributed by atoms with Crippen molar-refractivity contribution in [2.45, 2.75) is 134 Å². The number of ether oxygens (including phenoxy) is 4. The zero-order valence-electron chi connectivity index (χ0n) is 28.4. The zero-order valence-corrected chi connectivity index (χ0v) is 29.4. The molecule has 0 fully saturated rings. The molecule has 2 bridgehead atoms. The van der Waals surface area contributed by atoms with Crippen molar-refractivity contribution in [2.75, 3.05) is 13.7 Å². The SMILES string of the molecule is C=C1CC(C)CC2CC=CC(CC#CC(=O)OC(C(C=CC3CC(C)=CCO3)OC)CC=CC(O[Si](C)(C)C(C)(C)C)C1)O2. The first-order valence-electron chi connectivity index (χ1n) is 16.3. The van der Waals surface area contributed by atoms with E-state index >= 15 is 0 Å². The second kappa shape index (κ2) is 16.9. The molecule has 44 heavy (non-hydrogen) atoms. The van der Waals surface area contributed by atoms with Crippen LogP contribution in [0.1, 0.15) is 79.6 Å². The molecular formula is C37H56O6Si. The Bertz CT molecular complexity index is 1150. The number of cyclic esters (lactones) is 1. The molecule has 3 heterocycles. The van der Waals surface area contributed by atoms with Crippen molar-refractivity contribution in [1.82, 2.24) is 0 Å². The summed E-state index contributed by atoms with van der Waals surface area (Å²) >= 11 is 0. The summed E-state index contributed by atoms with van der Waals surface area (Å²) in [4.78, 5) is 13.0. The van der Waals surface area contributed by atoms with Crippen LogP contribution < -0.4 is 0 Å². The van der Waals surface area contributed by atoms with Gasteiger partial charge in [-0.1, -0.05) is 93.9 Å². The third kappa shape index (κ3) is 11.9. The summed E-state index contributed by atoms with van der Waals surface area (Å²) in [6.07, 6.45) is 18.5. The number of rotatable bonds is 6.